The Morgan fingerprint density at radius 1 is 1.44 bits per heavy atom. The fourth-order valence-electron chi connectivity index (χ4n) is 2.97. The Morgan fingerprint density at radius 2 is 2.00 bits per heavy atom. The lowest BCUT2D eigenvalue weighted by atomic mass is 9.84. The molecular formula is C13H21ClN2O2. The van der Waals surface area contributed by atoms with Crippen LogP contribution in [-0.4, -0.2) is 32.7 Å². The second kappa shape index (κ2) is 4.83. The van der Waals surface area contributed by atoms with Gasteiger partial charge in [0.1, 0.15) is 0 Å². The monoisotopic (exact) mass is 272 g/mol. The minimum Gasteiger partial charge on any atom is -0.389 e. The first kappa shape index (κ1) is 13.8. The maximum absolute atomic E-state index is 10.7. The SMILES string of the molecule is Cc1nn(C)c(CC2(O)CC(C)OC(C)C2)c1Cl. The summed E-state index contributed by atoms with van der Waals surface area (Å²) in [5.74, 6) is 0. The second-order valence-electron chi connectivity index (χ2n) is 5.54. The number of hydrogen-bond acceptors (Lipinski definition) is 3. The number of halogens is 1. The van der Waals surface area contributed by atoms with Crippen LogP contribution in [0.1, 0.15) is 38.1 Å². The maximum atomic E-state index is 10.7. The van der Waals surface area contributed by atoms with Crippen LogP contribution in [0.5, 0.6) is 0 Å². The Bertz CT molecular complexity index is 434. The van der Waals surface area contributed by atoms with E-state index in [1.54, 1.807) is 4.68 Å². The first-order valence-corrected chi connectivity index (χ1v) is 6.74. The van der Waals surface area contributed by atoms with Crippen molar-refractivity contribution < 1.29 is 9.84 Å². The first-order valence-electron chi connectivity index (χ1n) is 6.36. The normalized spacial score (nSPS) is 32.8. The quantitative estimate of drug-likeness (QED) is 0.898. The largest absolute Gasteiger partial charge is 0.389 e. The molecule has 1 saturated heterocycles. The standard InChI is InChI=1S/C13H21ClN2O2/c1-8-5-13(17,6-9(2)18-8)7-11-12(14)10(3)15-16(11)4/h8-9,17H,5-7H2,1-4H3. The van der Waals surface area contributed by atoms with Gasteiger partial charge in [-0.05, 0) is 20.8 Å². The summed E-state index contributed by atoms with van der Waals surface area (Å²) in [6, 6.07) is 0. The van der Waals surface area contributed by atoms with Gasteiger partial charge in [-0.3, -0.25) is 4.68 Å². The molecule has 5 heteroatoms. The average Bonchev–Trinajstić information content (AvgIpc) is 2.42. The number of aromatic nitrogens is 2. The van der Waals surface area contributed by atoms with Crippen molar-refractivity contribution in [1.82, 2.24) is 9.78 Å². The van der Waals surface area contributed by atoms with Crippen molar-refractivity contribution in [1.29, 1.82) is 0 Å². The van der Waals surface area contributed by atoms with Crippen molar-refractivity contribution in [2.24, 2.45) is 7.05 Å². The van der Waals surface area contributed by atoms with E-state index in [0.717, 1.165) is 11.4 Å². The number of aryl methyl sites for hydroxylation is 2. The van der Waals surface area contributed by atoms with Gasteiger partial charge >= 0.3 is 0 Å². The molecule has 1 N–H and O–H groups in total. The summed E-state index contributed by atoms with van der Waals surface area (Å²) in [6.45, 7) is 5.87. The van der Waals surface area contributed by atoms with Crippen LogP contribution < -0.4 is 0 Å². The molecule has 2 rings (SSSR count). The Balaban J connectivity index is 2.21. The zero-order chi connectivity index (χ0) is 13.5. The van der Waals surface area contributed by atoms with Crippen LogP contribution in [0, 0.1) is 6.92 Å². The van der Waals surface area contributed by atoms with E-state index in [0.29, 0.717) is 24.3 Å². The Labute approximate surface area is 113 Å². The highest BCUT2D eigenvalue weighted by Crippen LogP contribution is 2.34. The van der Waals surface area contributed by atoms with Crippen molar-refractivity contribution in [3.63, 3.8) is 0 Å². The summed E-state index contributed by atoms with van der Waals surface area (Å²) < 4.78 is 7.43. The van der Waals surface area contributed by atoms with Gasteiger partial charge in [0, 0.05) is 26.3 Å². The zero-order valence-corrected chi connectivity index (χ0v) is 12.2. The molecule has 102 valence electrons. The fourth-order valence-corrected chi connectivity index (χ4v) is 3.20. The third kappa shape index (κ3) is 2.71. The summed E-state index contributed by atoms with van der Waals surface area (Å²) in [5.41, 5.74) is 0.963. The van der Waals surface area contributed by atoms with Gasteiger partial charge in [0.15, 0.2) is 0 Å². The Hall–Kier alpha value is -0.580. The maximum Gasteiger partial charge on any atom is 0.0848 e. The lowest BCUT2D eigenvalue weighted by molar-refractivity contribution is -0.131. The number of nitrogens with zero attached hydrogens (tertiary/aromatic N) is 2. The van der Waals surface area contributed by atoms with Crippen molar-refractivity contribution in [2.45, 2.75) is 57.8 Å². The molecule has 2 heterocycles. The van der Waals surface area contributed by atoms with Crippen molar-refractivity contribution >= 4 is 11.6 Å². The molecule has 4 nitrogen and oxygen atoms in total. The van der Waals surface area contributed by atoms with E-state index < -0.39 is 5.60 Å². The molecule has 0 bridgehead atoms. The van der Waals surface area contributed by atoms with Crippen molar-refractivity contribution in [3.8, 4) is 0 Å². The lowest BCUT2D eigenvalue weighted by Crippen LogP contribution is -2.45. The van der Waals surface area contributed by atoms with Crippen LogP contribution in [0.2, 0.25) is 5.02 Å². The van der Waals surface area contributed by atoms with Crippen molar-refractivity contribution in [3.05, 3.63) is 16.4 Å². The number of ether oxygens (including phenoxy) is 1. The summed E-state index contributed by atoms with van der Waals surface area (Å²) in [5, 5.41) is 15.7. The predicted octanol–water partition coefficient (Wildman–Crippen LogP) is 2.24. The van der Waals surface area contributed by atoms with Crippen LogP contribution in [0.25, 0.3) is 0 Å². The van der Waals surface area contributed by atoms with Gasteiger partial charge in [0.2, 0.25) is 0 Å². The first-order chi connectivity index (χ1) is 8.31. The molecular weight excluding hydrogens is 252 g/mol. The highest BCUT2D eigenvalue weighted by Gasteiger charge is 2.38. The summed E-state index contributed by atoms with van der Waals surface area (Å²) in [7, 11) is 1.86. The highest BCUT2D eigenvalue weighted by molar-refractivity contribution is 6.31. The Morgan fingerprint density at radius 3 is 2.44 bits per heavy atom. The number of rotatable bonds is 2. The highest BCUT2D eigenvalue weighted by atomic mass is 35.5. The van der Waals surface area contributed by atoms with Crippen LogP contribution >= 0.6 is 11.6 Å². The summed E-state index contributed by atoms with van der Waals surface area (Å²) >= 11 is 6.24. The molecule has 1 aliphatic rings. The lowest BCUT2D eigenvalue weighted by Gasteiger charge is -2.39. The van der Waals surface area contributed by atoms with Crippen LogP contribution in [-0.2, 0) is 18.2 Å². The fraction of sp³-hybridized carbons (Fsp3) is 0.769. The molecule has 1 aromatic rings. The van der Waals surface area contributed by atoms with Crippen LogP contribution in [0.3, 0.4) is 0 Å². The molecule has 0 aliphatic carbocycles. The van der Waals surface area contributed by atoms with E-state index in [1.807, 2.05) is 27.8 Å². The molecule has 0 spiro atoms. The molecule has 2 unspecified atom stereocenters. The smallest absolute Gasteiger partial charge is 0.0848 e. The van der Waals surface area contributed by atoms with E-state index in [-0.39, 0.29) is 12.2 Å². The molecule has 1 fully saturated rings. The topological polar surface area (TPSA) is 47.3 Å². The Kier molecular flexibility index (Phi) is 3.72. The van der Waals surface area contributed by atoms with Crippen LogP contribution in [0.4, 0.5) is 0 Å². The molecule has 2 atom stereocenters. The average molecular weight is 273 g/mol. The second-order valence-corrected chi connectivity index (χ2v) is 5.91. The predicted molar refractivity (Wildman–Crippen MR) is 70.9 cm³/mol. The van der Waals surface area contributed by atoms with E-state index in [9.17, 15) is 5.11 Å². The number of hydrogen-bond donors (Lipinski definition) is 1. The van der Waals surface area contributed by atoms with E-state index in [4.69, 9.17) is 16.3 Å². The third-order valence-electron chi connectivity index (χ3n) is 3.56. The molecule has 1 aromatic heterocycles. The summed E-state index contributed by atoms with van der Waals surface area (Å²) in [6.07, 6.45) is 1.95. The van der Waals surface area contributed by atoms with Gasteiger partial charge in [0.25, 0.3) is 0 Å². The summed E-state index contributed by atoms with van der Waals surface area (Å²) in [4.78, 5) is 0. The van der Waals surface area contributed by atoms with E-state index in [1.165, 1.54) is 0 Å². The molecule has 1 aliphatic heterocycles. The van der Waals surface area contributed by atoms with Gasteiger partial charge in [0.05, 0.1) is 34.2 Å². The van der Waals surface area contributed by atoms with Crippen molar-refractivity contribution in [2.75, 3.05) is 0 Å². The molecule has 0 saturated carbocycles. The third-order valence-corrected chi connectivity index (χ3v) is 4.05. The molecule has 0 radical (unpaired) electrons. The minimum atomic E-state index is -0.749. The molecule has 0 amide bonds. The van der Waals surface area contributed by atoms with Gasteiger partial charge in [-0.1, -0.05) is 11.6 Å². The van der Waals surface area contributed by atoms with Gasteiger partial charge in [-0.25, -0.2) is 0 Å². The van der Waals surface area contributed by atoms with Gasteiger partial charge in [-0.2, -0.15) is 5.10 Å². The zero-order valence-electron chi connectivity index (χ0n) is 11.4. The van der Waals surface area contributed by atoms with Crippen LogP contribution in [0.15, 0.2) is 0 Å². The van der Waals surface area contributed by atoms with Gasteiger partial charge in [-0.15, -0.1) is 0 Å². The van der Waals surface area contributed by atoms with E-state index >= 15 is 0 Å². The van der Waals surface area contributed by atoms with Gasteiger partial charge < -0.3 is 9.84 Å². The molecule has 0 aromatic carbocycles. The molecule has 18 heavy (non-hydrogen) atoms. The van der Waals surface area contributed by atoms with E-state index in [2.05, 4.69) is 5.10 Å². The minimum absolute atomic E-state index is 0.0758. The number of aliphatic hydroxyl groups is 1.